The summed E-state index contributed by atoms with van der Waals surface area (Å²) < 4.78 is 0. The lowest BCUT2D eigenvalue weighted by molar-refractivity contribution is 0.219. The van der Waals surface area contributed by atoms with Gasteiger partial charge in [-0.25, -0.2) is 0 Å². The Bertz CT molecular complexity index is 381. The third kappa shape index (κ3) is 2.30. The van der Waals surface area contributed by atoms with Crippen molar-refractivity contribution in [3.63, 3.8) is 0 Å². The molecule has 2 heterocycles. The normalized spacial score (nSPS) is 29.4. The zero-order chi connectivity index (χ0) is 12.4. The molecule has 3 atom stereocenters. The van der Waals surface area contributed by atoms with Crippen LogP contribution in [0.3, 0.4) is 0 Å². The Labute approximate surface area is 109 Å². The minimum absolute atomic E-state index is 0.0803. The predicted molar refractivity (Wildman–Crippen MR) is 72.4 cm³/mol. The fraction of sp³-hybridized carbons (Fsp3) is 0.600. The lowest BCUT2D eigenvalue weighted by Gasteiger charge is -2.26. The Kier molecular flexibility index (Phi) is 3.64. The molecule has 3 rings (SSSR count). The quantitative estimate of drug-likeness (QED) is 0.846. The van der Waals surface area contributed by atoms with Crippen LogP contribution in [-0.2, 0) is 0 Å². The van der Waals surface area contributed by atoms with E-state index in [0.29, 0.717) is 12.1 Å². The van der Waals surface area contributed by atoms with E-state index >= 15 is 0 Å². The number of nitrogens with one attached hydrogen (secondary N) is 1. The van der Waals surface area contributed by atoms with Crippen LogP contribution in [-0.4, -0.2) is 41.8 Å². The molecule has 2 fully saturated rings. The van der Waals surface area contributed by atoms with Gasteiger partial charge < -0.3 is 10.4 Å². The van der Waals surface area contributed by atoms with Crippen molar-refractivity contribution >= 4 is 0 Å². The molecular weight excluding hydrogens is 224 g/mol. The summed E-state index contributed by atoms with van der Waals surface area (Å²) in [6.45, 7) is 2.65. The molecule has 1 aromatic carbocycles. The van der Waals surface area contributed by atoms with Gasteiger partial charge in [0.2, 0.25) is 0 Å². The van der Waals surface area contributed by atoms with Crippen LogP contribution in [0.15, 0.2) is 30.3 Å². The molecule has 0 saturated carbocycles. The standard InChI is InChI=1S/C15H22N2O/c18-11-14(12-5-2-1-3-6-12)16-13-8-10-17-9-4-7-15(13)17/h1-3,5-6,13-16,18H,4,7-11H2/t13?,14-,15?/m1/s1. The highest BCUT2D eigenvalue weighted by atomic mass is 16.3. The average Bonchev–Trinajstić information content (AvgIpc) is 3.01. The third-order valence-electron chi connectivity index (χ3n) is 4.41. The number of hydrogen-bond acceptors (Lipinski definition) is 3. The van der Waals surface area contributed by atoms with Crippen molar-refractivity contribution in [1.29, 1.82) is 0 Å². The summed E-state index contributed by atoms with van der Waals surface area (Å²) in [5, 5.41) is 13.3. The van der Waals surface area contributed by atoms with Gasteiger partial charge >= 0.3 is 0 Å². The summed E-state index contributed by atoms with van der Waals surface area (Å²) >= 11 is 0. The molecule has 0 aliphatic carbocycles. The van der Waals surface area contributed by atoms with E-state index in [-0.39, 0.29) is 12.6 Å². The summed E-state index contributed by atoms with van der Waals surface area (Å²) in [5.74, 6) is 0. The Morgan fingerprint density at radius 1 is 1.22 bits per heavy atom. The van der Waals surface area contributed by atoms with Crippen LogP contribution in [0.25, 0.3) is 0 Å². The number of nitrogens with zero attached hydrogens (tertiary/aromatic N) is 1. The maximum absolute atomic E-state index is 9.60. The van der Waals surface area contributed by atoms with E-state index in [1.807, 2.05) is 18.2 Å². The molecule has 0 spiro atoms. The Morgan fingerprint density at radius 2 is 2.06 bits per heavy atom. The molecule has 3 nitrogen and oxygen atoms in total. The molecule has 2 unspecified atom stereocenters. The summed E-state index contributed by atoms with van der Waals surface area (Å²) in [6, 6.07) is 11.6. The molecule has 2 aliphatic heterocycles. The second-order valence-electron chi connectivity index (χ2n) is 5.45. The SMILES string of the molecule is OC[C@@H](NC1CCN2CCCC12)c1ccccc1. The molecular formula is C15H22N2O. The maximum Gasteiger partial charge on any atom is 0.0626 e. The Hall–Kier alpha value is -0.900. The van der Waals surface area contributed by atoms with Crippen molar-refractivity contribution < 1.29 is 5.11 Å². The molecule has 0 bridgehead atoms. The van der Waals surface area contributed by atoms with E-state index in [4.69, 9.17) is 0 Å². The number of hydrogen-bond donors (Lipinski definition) is 2. The van der Waals surface area contributed by atoms with Gasteiger partial charge in [0.1, 0.15) is 0 Å². The fourth-order valence-corrected chi connectivity index (χ4v) is 3.48. The molecule has 0 aromatic heterocycles. The smallest absolute Gasteiger partial charge is 0.0626 e. The van der Waals surface area contributed by atoms with Gasteiger partial charge in [-0.15, -0.1) is 0 Å². The molecule has 98 valence electrons. The number of benzene rings is 1. The largest absolute Gasteiger partial charge is 0.394 e. The molecule has 2 N–H and O–H groups in total. The second kappa shape index (κ2) is 5.39. The topological polar surface area (TPSA) is 35.5 Å². The van der Waals surface area contributed by atoms with E-state index < -0.39 is 0 Å². The molecule has 2 saturated heterocycles. The fourth-order valence-electron chi connectivity index (χ4n) is 3.48. The highest BCUT2D eigenvalue weighted by Crippen LogP contribution is 2.29. The van der Waals surface area contributed by atoms with Gasteiger partial charge in [-0.3, -0.25) is 4.90 Å². The van der Waals surface area contributed by atoms with E-state index in [1.54, 1.807) is 0 Å². The highest BCUT2D eigenvalue weighted by molar-refractivity contribution is 5.19. The lowest BCUT2D eigenvalue weighted by atomic mass is 10.0. The van der Waals surface area contributed by atoms with Gasteiger partial charge in [0, 0.05) is 18.6 Å². The molecule has 1 aromatic rings. The van der Waals surface area contributed by atoms with Crippen LogP contribution in [0.1, 0.15) is 30.9 Å². The van der Waals surface area contributed by atoms with Crippen LogP contribution in [0, 0.1) is 0 Å². The Balaban J connectivity index is 1.67. The van der Waals surface area contributed by atoms with Crippen molar-refractivity contribution in [3.05, 3.63) is 35.9 Å². The molecule has 3 heteroatoms. The van der Waals surface area contributed by atoms with Crippen molar-refractivity contribution in [2.45, 2.75) is 37.4 Å². The predicted octanol–water partition coefficient (Wildman–Crippen LogP) is 1.55. The summed E-state index contributed by atoms with van der Waals surface area (Å²) in [5.41, 5.74) is 1.19. The van der Waals surface area contributed by atoms with Gasteiger partial charge in [0.15, 0.2) is 0 Å². The van der Waals surface area contributed by atoms with Crippen molar-refractivity contribution in [2.24, 2.45) is 0 Å². The van der Waals surface area contributed by atoms with E-state index in [0.717, 1.165) is 0 Å². The van der Waals surface area contributed by atoms with E-state index in [2.05, 4.69) is 22.3 Å². The minimum atomic E-state index is 0.0803. The first-order valence-corrected chi connectivity index (χ1v) is 7.04. The monoisotopic (exact) mass is 246 g/mol. The second-order valence-corrected chi connectivity index (χ2v) is 5.45. The number of aliphatic hydroxyl groups is 1. The zero-order valence-electron chi connectivity index (χ0n) is 10.8. The minimum Gasteiger partial charge on any atom is -0.394 e. The van der Waals surface area contributed by atoms with Gasteiger partial charge in [-0.2, -0.15) is 0 Å². The van der Waals surface area contributed by atoms with Crippen LogP contribution in [0.5, 0.6) is 0 Å². The van der Waals surface area contributed by atoms with Crippen molar-refractivity contribution in [2.75, 3.05) is 19.7 Å². The number of rotatable bonds is 4. The van der Waals surface area contributed by atoms with Gasteiger partial charge in [-0.1, -0.05) is 30.3 Å². The lowest BCUT2D eigenvalue weighted by Crippen LogP contribution is -2.42. The highest BCUT2D eigenvalue weighted by Gasteiger charge is 2.37. The first-order valence-electron chi connectivity index (χ1n) is 7.04. The molecule has 0 radical (unpaired) electrons. The molecule has 2 aliphatic rings. The van der Waals surface area contributed by atoms with Crippen LogP contribution >= 0.6 is 0 Å². The van der Waals surface area contributed by atoms with Gasteiger partial charge in [0.25, 0.3) is 0 Å². The molecule has 18 heavy (non-hydrogen) atoms. The average molecular weight is 246 g/mol. The van der Waals surface area contributed by atoms with E-state index in [9.17, 15) is 5.11 Å². The van der Waals surface area contributed by atoms with Crippen LogP contribution in [0.2, 0.25) is 0 Å². The summed E-state index contributed by atoms with van der Waals surface area (Å²) in [7, 11) is 0. The summed E-state index contributed by atoms with van der Waals surface area (Å²) in [6.07, 6.45) is 3.86. The first kappa shape index (κ1) is 12.2. The van der Waals surface area contributed by atoms with Crippen molar-refractivity contribution in [3.8, 4) is 0 Å². The van der Waals surface area contributed by atoms with Gasteiger partial charge in [0.05, 0.1) is 12.6 Å². The van der Waals surface area contributed by atoms with E-state index in [1.165, 1.54) is 37.9 Å². The van der Waals surface area contributed by atoms with Crippen LogP contribution in [0.4, 0.5) is 0 Å². The maximum atomic E-state index is 9.60. The first-order chi connectivity index (χ1) is 8.88. The third-order valence-corrected chi connectivity index (χ3v) is 4.41. The zero-order valence-corrected chi connectivity index (χ0v) is 10.8. The van der Waals surface area contributed by atoms with Crippen LogP contribution < -0.4 is 5.32 Å². The Morgan fingerprint density at radius 3 is 2.83 bits per heavy atom. The number of aliphatic hydroxyl groups excluding tert-OH is 1. The number of fused-ring (bicyclic) bond motifs is 1. The van der Waals surface area contributed by atoms with Gasteiger partial charge in [-0.05, 0) is 31.4 Å². The molecule has 0 amide bonds. The van der Waals surface area contributed by atoms with Crippen molar-refractivity contribution in [1.82, 2.24) is 10.2 Å². The summed E-state index contributed by atoms with van der Waals surface area (Å²) in [4.78, 5) is 2.59.